The molecule has 1 aliphatic rings. The van der Waals surface area contributed by atoms with E-state index in [4.69, 9.17) is 11.6 Å². The third kappa shape index (κ3) is 1.66. The van der Waals surface area contributed by atoms with Gasteiger partial charge in [0.15, 0.2) is 5.00 Å². The van der Waals surface area contributed by atoms with Crippen LogP contribution in [0.1, 0.15) is 12.5 Å². The van der Waals surface area contributed by atoms with Crippen LogP contribution in [-0.4, -0.2) is 4.98 Å². The molecule has 3 heteroatoms. The predicted octanol–water partition coefficient (Wildman–Crippen LogP) is 2.54. The fourth-order valence-corrected chi connectivity index (χ4v) is 1.78. The number of dihydropyridines is 1. The van der Waals surface area contributed by atoms with Gasteiger partial charge in [-0.05, 0) is 25.1 Å². The van der Waals surface area contributed by atoms with Crippen LogP contribution >= 0.6 is 11.6 Å². The van der Waals surface area contributed by atoms with Crippen molar-refractivity contribution in [3.8, 4) is 0 Å². The molecule has 1 aromatic heterocycles. The Balaban J connectivity index is 2.35. The van der Waals surface area contributed by atoms with Gasteiger partial charge in [0.05, 0.1) is 0 Å². The minimum atomic E-state index is -0.646. The van der Waals surface area contributed by atoms with Crippen LogP contribution in [0.4, 0.5) is 0 Å². The molecule has 2 nitrogen and oxygen atoms in total. The number of halogens is 1. The second-order valence-corrected chi connectivity index (χ2v) is 3.88. The minimum absolute atomic E-state index is 0.646. The van der Waals surface area contributed by atoms with Crippen LogP contribution in [0.15, 0.2) is 48.5 Å². The van der Waals surface area contributed by atoms with Crippen molar-refractivity contribution in [1.29, 1.82) is 0 Å². The van der Waals surface area contributed by atoms with E-state index < -0.39 is 5.00 Å². The number of aromatic nitrogens is 1. The zero-order valence-corrected chi connectivity index (χ0v) is 8.62. The molecule has 2 heterocycles. The lowest BCUT2D eigenvalue weighted by Crippen LogP contribution is -2.35. The summed E-state index contributed by atoms with van der Waals surface area (Å²) in [4.78, 5) is 3.41. The number of pyridine rings is 1. The van der Waals surface area contributed by atoms with Crippen LogP contribution in [0.5, 0.6) is 0 Å². The summed E-state index contributed by atoms with van der Waals surface area (Å²) in [5, 5.41) is 3.21. The van der Waals surface area contributed by atoms with Gasteiger partial charge in [0.2, 0.25) is 0 Å². The van der Waals surface area contributed by atoms with Crippen molar-refractivity contribution in [1.82, 2.24) is 10.3 Å². The second kappa shape index (κ2) is 3.46. The second-order valence-electron chi connectivity index (χ2n) is 3.29. The smallest absolute Gasteiger partial charge is 0.158 e. The number of nitrogens with one attached hydrogen (secondary N) is 1. The molecule has 1 atom stereocenters. The lowest BCUT2D eigenvalue weighted by Gasteiger charge is -2.28. The van der Waals surface area contributed by atoms with Crippen LogP contribution in [-0.2, 0) is 5.00 Å². The predicted molar refractivity (Wildman–Crippen MR) is 57.8 cm³/mol. The van der Waals surface area contributed by atoms with E-state index in [0.29, 0.717) is 0 Å². The van der Waals surface area contributed by atoms with Gasteiger partial charge < -0.3 is 5.32 Å². The van der Waals surface area contributed by atoms with Crippen molar-refractivity contribution >= 4 is 11.6 Å². The molecule has 0 aromatic carbocycles. The monoisotopic (exact) mass is 206 g/mol. The van der Waals surface area contributed by atoms with Gasteiger partial charge in [-0.2, -0.15) is 0 Å². The molecule has 1 unspecified atom stereocenters. The summed E-state index contributed by atoms with van der Waals surface area (Å²) >= 11 is 6.42. The van der Waals surface area contributed by atoms with E-state index in [2.05, 4.69) is 10.3 Å². The average Bonchev–Trinajstić information content (AvgIpc) is 2.19. The largest absolute Gasteiger partial charge is 0.363 e. The maximum atomic E-state index is 6.42. The van der Waals surface area contributed by atoms with Crippen LogP contribution in [0, 0.1) is 0 Å². The molecule has 72 valence electrons. The Hall–Kier alpha value is -1.28. The van der Waals surface area contributed by atoms with Crippen molar-refractivity contribution in [2.45, 2.75) is 11.9 Å². The standard InChI is InChI=1S/C11H11ClN2/c1-9-4-2-6-11(12,14-9)10-5-3-7-13-8-10/h2-8,14H,1H3. The molecule has 0 amide bonds. The Kier molecular flexibility index (Phi) is 2.30. The highest BCUT2D eigenvalue weighted by atomic mass is 35.5. The number of allylic oxidation sites excluding steroid dienone is 3. The third-order valence-electron chi connectivity index (χ3n) is 2.13. The van der Waals surface area contributed by atoms with E-state index in [1.165, 1.54) is 0 Å². The first kappa shape index (κ1) is 9.28. The Morgan fingerprint density at radius 1 is 1.50 bits per heavy atom. The highest BCUT2D eigenvalue weighted by molar-refractivity contribution is 6.25. The molecule has 0 fully saturated rings. The summed E-state index contributed by atoms with van der Waals surface area (Å²) in [6.45, 7) is 1.98. The number of hydrogen-bond acceptors (Lipinski definition) is 2. The van der Waals surface area contributed by atoms with Crippen molar-refractivity contribution < 1.29 is 0 Å². The van der Waals surface area contributed by atoms with E-state index in [1.807, 2.05) is 37.3 Å². The molecule has 0 aliphatic carbocycles. The summed E-state index contributed by atoms with van der Waals surface area (Å²) in [6.07, 6.45) is 9.35. The van der Waals surface area contributed by atoms with Gasteiger partial charge in [0.1, 0.15) is 0 Å². The van der Waals surface area contributed by atoms with Gasteiger partial charge in [-0.25, -0.2) is 0 Å². The molecule has 1 N–H and O–H groups in total. The summed E-state index contributed by atoms with van der Waals surface area (Å²) in [5.74, 6) is 0. The topological polar surface area (TPSA) is 24.9 Å². The summed E-state index contributed by atoms with van der Waals surface area (Å²) in [6, 6.07) is 3.83. The highest BCUT2D eigenvalue weighted by Crippen LogP contribution is 2.30. The zero-order chi connectivity index (χ0) is 10.0. The fraction of sp³-hybridized carbons (Fsp3) is 0.182. The van der Waals surface area contributed by atoms with E-state index in [0.717, 1.165) is 11.3 Å². The van der Waals surface area contributed by atoms with E-state index in [-0.39, 0.29) is 0 Å². The molecule has 0 saturated carbocycles. The summed E-state index contributed by atoms with van der Waals surface area (Å²) < 4.78 is 0. The maximum absolute atomic E-state index is 6.42. The fourth-order valence-electron chi connectivity index (χ4n) is 1.44. The van der Waals surface area contributed by atoms with Gasteiger partial charge in [-0.3, -0.25) is 4.98 Å². The Bertz CT molecular complexity index is 384. The van der Waals surface area contributed by atoms with Crippen molar-refractivity contribution in [2.75, 3.05) is 0 Å². The third-order valence-corrected chi connectivity index (χ3v) is 2.57. The molecule has 1 aliphatic heterocycles. The number of alkyl halides is 1. The summed E-state index contributed by atoms with van der Waals surface area (Å²) in [7, 11) is 0. The first-order chi connectivity index (χ1) is 6.71. The normalized spacial score (nSPS) is 25.4. The Morgan fingerprint density at radius 3 is 3.00 bits per heavy atom. The molecule has 0 radical (unpaired) electrons. The Morgan fingerprint density at radius 2 is 2.36 bits per heavy atom. The summed E-state index contributed by atoms with van der Waals surface area (Å²) in [5.41, 5.74) is 2.00. The van der Waals surface area contributed by atoms with Crippen molar-refractivity contribution in [3.63, 3.8) is 0 Å². The first-order valence-electron chi connectivity index (χ1n) is 4.44. The SMILES string of the molecule is CC1=CC=CC(Cl)(c2cccnc2)N1. The van der Waals surface area contributed by atoms with E-state index >= 15 is 0 Å². The van der Waals surface area contributed by atoms with Gasteiger partial charge >= 0.3 is 0 Å². The van der Waals surface area contributed by atoms with Gasteiger partial charge in [0.25, 0.3) is 0 Å². The lowest BCUT2D eigenvalue weighted by molar-refractivity contribution is 0.630. The molecule has 0 saturated heterocycles. The zero-order valence-electron chi connectivity index (χ0n) is 7.87. The molecular weight excluding hydrogens is 196 g/mol. The highest BCUT2D eigenvalue weighted by Gasteiger charge is 2.27. The molecule has 14 heavy (non-hydrogen) atoms. The number of hydrogen-bond donors (Lipinski definition) is 1. The van der Waals surface area contributed by atoms with Gasteiger partial charge in [-0.1, -0.05) is 23.7 Å². The molecular formula is C11H11ClN2. The van der Waals surface area contributed by atoms with E-state index in [1.54, 1.807) is 12.4 Å². The number of rotatable bonds is 1. The molecule has 1 aromatic rings. The van der Waals surface area contributed by atoms with E-state index in [9.17, 15) is 0 Å². The molecule has 0 spiro atoms. The van der Waals surface area contributed by atoms with Crippen LogP contribution in [0.2, 0.25) is 0 Å². The molecule has 2 rings (SSSR count). The van der Waals surface area contributed by atoms with Crippen LogP contribution in [0.25, 0.3) is 0 Å². The van der Waals surface area contributed by atoms with Gasteiger partial charge in [0, 0.05) is 23.7 Å². The average molecular weight is 207 g/mol. The Labute approximate surface area is 88.3 Å². The van der Waals surface area contributed by atoms with Crippen molar-refractivity contribution in [3.05, 3.63) is 54.0 Å². The minimum Gasteiger partial charge on any atom is -0.363 e. The van der Waals surface area contributed by atoms with Crippen LogP contribution in [0.3, 0.4) is 0 Å². The van der Waals surface area contributed by atoms with Crippen LogP contribution < -0.4 is 5.32 Å². The first-order valence-corrected chi connectivity index (χ1v) is 4.82. The van der Waals surface area contributed by atoms with Gasteiger partial charge in [-0.15, -0.1) is 0 Å². The maximum Gasteiger partial charge on any atom is 0.158 e. The number of nitrogens with zero attached hydrogens (tertiary/aromatic N) is 1. The lowest BCUT2D eigenvalue weighted by atomic mass is 10.1. The molecule has 0 bridgehead atoms. The quantitative estimate of drug-likeness (QED) is 0.564. The van der Waals surface area contributed by atoms with Crippen molar-refractivity contribution in [2.24, 2.45) is 0 Å².